The molecule has 0 aliphatic carbocycles. The maximum Gasteiger partial charge on any atom is 0.259 e. The molecule has 0 bridgehead atoms. The predicted octanol–water partition coefficient (Wildman–Crippen LogP) is 4.14. The molecule has 11 nitrogen and oxygen atoms in total. The average molecular weight is 602 g/mol. The van der Waals surface area contributed by atoms with Gasteiger partial charge in [-0.3, -0.25) is 19.4 Å². The first-order valence-electron chi connectivity index (χ1n) is 13.5. The smallest absolute Gasteiger partial charge is 0.259 e. The lowest BCUT2D eigenvalue weighted by Crippen LogP contribution is -2.41. The van der Waals surface area contributed by atoms with E-state index in [1.54, 1.807) is 25.3 Å². The number of fused-ring (bicyclic) bond motifs is 3. The first-order chi connectivity index (χ1) is 20.9. The molecular formula is C31H31N5O6S. The van der Waals surface area contributed by atoms with Gasteiger partial charge in [0.1, 0.15) is 29.1 Å². The van der Waals surface area contributed by atoms with E-state index in [1.807, 2.05) is 48.5 Å². The van der Waals surface area contributed by atoms with E-state index in [0.29, 0.717) is 40.4 Å². The van der Waals surface area contributed by atoms with Crippen LogP contribution in [0.3, 0.4) is 0 Å². The van der Waals surface area contributed by atoms with E-state index in [1.165, 1.54) is 19.1 Å². The summed E-state index contributed by atoms with van der Waals surface area (Å²) >= 11 is 1.13. The van der Waals surface area contributed by atoms with Crippen LogP contribution >= 0.6 is 11.8 Å². The van der Waals surface area contributed by atoms with Crippen molar-refractivity contribution in [2.45, 2.75) is 25.4 Å². The number of carbonyl (C=O) groups is 3. The van der Waals surface area contributed by atoms with Gasteiger partial charge in [0, 0.05) is 24.6 Å². The number of thioether (sulfide) groups is 1. The number of hydrogen-bond acceptors (Lipinski definition) is 9. The van der Waals surface area contributed by atoms with Crippen LogP contribution in [0.25, 0.3) is 0 Å². The Labute approximate surface area is 253 Å². The number of anilines is 1. The molecule has 0 spiro atoms. The van der Waals surface area contributed by atoms with Crippen LogP contribution in [0.4, 0.5) is 11.4 Å². The highest BCUT2D eigenvalue weighted by molar-refractivity contribution is 8.14. The topological polar surface area (TPSA) is 131 Å². The lowest BCUT2D eigenvalue weighted by Gasteiger charge is -2.25. The molecule has 2 aliphatic rings. The van der Waals surface area contributed by atoms with Gasteiger partial charge >= 0.3 is 0 Å². The van der Waals surface area contributed by atoms with Gasteiger partial charge in [-0.25, -0.2) is 9.89 Å². The molecule has 0 saturated heterocycles. The van der Waals surface area contributed by atoms with Gasteiger partial charge in [-0.05, 0) is 48.4 Å². The molecule has 2 aliphatic heterocycles. The molecule has 222 valence electrons. The van der Waals surface area contributed by atoms with E-state index in [-0.39, 0.29) is 36.3 Å². The minimum atomic E-state index is -0.742. The van der Waals surface area contributed by atoms with Crippen molar-refractivity contribution in [2.24, 2.45) is 9.98 Å². The van der Waals surface area contributed by atoms with Crippen molar-refractivity contribution in [3.63, 3.8) is 0 Å². The third-order valence-corrected chi connectivity index (χ3v) is 7.79. The number of nitrogens with one attached hydrogen (secondary N) is 2. The molecular weight excluding hydrogens is 570 g/mol. The molecule has 0 aromatic heterocycles. The van der Waals surface area contributed by atoms with Crippen molar-refractivity contribution >= 4 is 51.9 Å². The van der Waals surface area contributed by atoms with Gasteiger partial charge in [0.15, 0.2) is 5.17 Å². The second-order valence-electron chi connectivity index (χ2n) is 9.62. The zero-order chi connectivity index (χ0) is 30.3. The Morgan fingerprint density at radius 3 is 2.42 bits per heavy atom. The van der Waals surface area contributed by atoms with Crippen molar-refractivity contribution < 1.29 is 28.6 Å². The normalized spacial score (nSPS) is 15.1. The minimum absolute atomic E-state index is 0.0170. The SMILES string of the molecule is COc1ccc(CNC(=O)CCC2N=C3c4ccccc4N=C(SCC(=O)Nc4cc(OC)ccc4OC)N3C2=O)cc1. The Bertz CT molecular complexity index is 1590. The van der Waals surface area contributed by atoms with E-state index in [0.717, 1.165) is 28.6 Å². The zero-order valence-electron chi connectivity index (χ0n) is 24.0. The maximum atomic E-state index is 13.5. The number of nitrogens with zero attached hydrogens (tertiary/aromatic N) is 3. The van der Waals surface area contributed by atoms with E-state index >= 15 is 0 Å². The van der Waals surface area contributed by atoms with Crippen molar-refractivity contribution in [3.05, 3.63) is 77.9 Å². The Morgan fingerprint density at radius 2 is 1.67 bits per heavy atom. The van der Waals surface area contributed by atoms with Gasteiger partial charge in [-0.1, -0.05) is 36.0 Å². The number of carbonyl (C=O) groups excluding carboxylic acids is 3. The molecule has 5 rings (SSSR count). The van der Waals surface area contributed by atoms with E-state index in [4.69, 9.17) is 19.2 Å². The summed E-state index contributed by atoms with van der Waals surface area (Å²) in [6, 6.07) is 19.2. The number of para-hydroxylation sites is 1. The molecule has 3 aromatic rings. The summed E-state index contributed by atoms with van der Waals surface area (Å²) in [5, 5.41) is 6.07. The standard InChI is InChI=1S/C31H31N5O6S/c1-40-20-10-8-19(9-11-20)17-32-27(37)15-13-24-30(39)36-29(34-24)22-6-4-5-7-23(22)35-31(36)43-18-28(38)33-25-16-21(41-2)12-14-26(25)42-3/h4-12,14,16,24H,13,15,17-18H2,1-3H3,(H,32,37)(H,33,38). The number of rotatable bonds is 11. The van der Waals surface area contributed by atoms with Crippen LogP contribution in [-0.2, 0) is 20.9 Å². The third-order valence-electron chi connectivity index (χ3n) is 6.85. The number of methoxy groups -OCH3 is 3. The molecule has 3 amide bonds. The molecule has 2 heterocycles. The van der Waals surface area contributed by atoms with Gasteiger partial charge in [-0.15, -0.1) is 0 Å². The van der Waals surface area contributed by atoms with Gasteiger partial charge in [0.05, 0.1) is 38.5 Å². The average Bonchev–Trinajstić information content (AvgIpc) is 3.38. The van der Waals surface area contributed by atoms with Crippen molar-refractivity contribution in [2.75, 3.05) is 32.4 Å². The van der Waals surface area contributed by atoms with Crippen LogP contribution in [0.1, 0.15) is 24.0 Å². The van der Waals surface area contributed by atoms with Gasteiger partial charge in [0.25, 0.3) is 5.91 Å². The molecule has 1 atom stereocenters. The summed E-state index contributed by atoms with van der Waals surface area (Å²) in [6.07, 6.45) is 0.368. The van der Waals surface area contributed by atoms with Gasteiger partial charge in [-0.2, -0.15) is 0 Å². The van der Waals surface area contributed by atoms with Gasteiger partial charge < -0.3 is 24.8 Å². The lowest BCUT2D eigenvalue weighted by molar-refractivity contribution is -0.125. The summed E-state index contributed by atoms with van der Waals surface area (Å²) in [7, 11) is 4.65. The largest absolute Gasteiger partial charge is 0.497 e. The summed E-state index contributed by atoms with van der Waals surface area (Å²) in [4.78, 5) is 49.9. The summed E-state index contributed by atoms with van der Waals surface area (Å²) < 4.78 is 15.8. The lowest BCUT2D eigenvalue weighted by atomic mass is 10.1. The monoisotopic (exact) mass is 601 g/mol. The number of ether oxygens (including phenoxy) is 3. The van der Waals surface area contributed by atoms with Crippen LogP contribution in [-0.4, -0.2) is 66.7 Å². The van der Waals surface area contributed by atoms with Crippen LogP contribution in [0, 0.1) is 0 Å². The highest BCUT2D eigenvalue weighted by atomic mass is 32.2. The highest BCUT2D eigenvalue weighted by Gasteiger charge is 2.41. The fourth-order valence-corrected chi connectivity index (χ4v) is 5.42. The second-order valence-corrected chi connectivity index (χ2v) is 10.6. The first-order valence-corrected chi connectivity index (χ1v) is 14.5. The summed E-state index contributed by atoms with van der Waals surface area (Å²) in [5.74, 6) is 1.48. The number of hydrogen-bond donors (Lipinski definition) is 2. The van der Waals surface area contributed by atoms with Crippen molar-refractivity contribution in [3.8, 4) is 17.2 Å². The first kappa shape index (κ1) is 29.6. The molecule has 1 unspecified atom stereocenters. The molecule has 43 heavy (non-hydrogen) atoms. The Hall–Kier alpha value is -4.84. The predicted molar refractivity (Wildman–Crippen MR) is 165 cm³/mol. The number of amidine groups is 2. The Morgan fingerprint density at radius 1 is 0.930 bits per heavy atom. The number of aliphatic imine (C=N–C) groups is 2. The minimum Gasteiger partial charge on any atom is -0.497 e. The van der Waals surface area contributed by atoms with E-state index in [9.17, 15) is 14.4 Å². The van der Waals surface area contributed by atoms with Gasteiger partial charge in [0.2, 0.25) is 11.8 Å². The fourth-order valence-electron chi connectivity index (χ4n) is 4.62. The fraction of sp³-hybridized carbons (Fsp3) is 0.258. The molecule has 0 radical (unpaired) electrons. The summed E-state index contributed by atoms with van der Waals surface area (Å²) in [6.45, 7) is 0.368. The number of amides is 3. The highest BCUT2D eigenvalue weighted by Crippen LogP contribution is 2.35. The maximum absolute atomic E-state index is 13.5. The molecule has 0 saturated carbocycles. The number of benzene rings is 3. The quantitative estimate of drug-likeness (QED) is 0.338. The van der Waals surface area contributed by atoms with Crippen molar-refractivity contribution in [1.29, 1.82) is 0 Å². The molecule has 12 heteroatoms. The van der Waals surface area contributed by atoms with E-state index in [2.05, 4.69) is 15.6 Å². The molecule has 2 N–H and O–H groups in total. The third kappa shape index (κ3) is 6.81. The van der Waals surface area contributed by atoms with E-state index < -0.39 is 6.04 Å². The van der Waals surface area contributed by atoms with Crippen molar-refractivity contribution in [1.82, 2.24) is 10.2 Å². The van der Waals surface area contributed by atoms with Crippen LogP contribution in [0.2, 0.25) is 0 Å². The van der Waals surface area contributed by atoms with Crippen LogP contribution in [0.5, 0.6) is 17.2 Å². The van der Waals surface area contributed by atoms with Crippen LogP contribution < -0.4 is 24.8 Å². The van der Waals surface area contributed by atoms with Crippen LogP contribution in [0.15, 0.2) is 76.7 Å². The molecule has 0 fully saturated rings. The summed E-state index contributed by atoms with van der Waals surface area (Å²) in [5.41, 5.74) is 2.78. The molecule has 3 aromatic carbocycles. The second kappa shape index (κ2) is 13.4. The zero-order valence-corrected chi connectivity index (χ0v) is 24.8. The Balaban J connectivity index is 1.23. The Kier molecular flexibility index (Phi) is 9.26.